The van der Waals surface area contributed by atoms with Crippen LogP contribution >= 0.6 is 0 Å². The normalized spacial score (nSPS) is 10.8. The maximum Gasteiger partial charge on any atom is 0.259 e. The third kappa shape index (κ3) is 2.60. The van der Waals surface area contributed by atoms with Gasteiger partial charge < -0.3 is 9.72 Å². The van der Waals surface area contributed by atoms with Gasteiger partial charge >= 0.3 is 0 Å². The molecule has 0 unspecified atom stereocenters. The van der Waals surface area contributed by atoms with Gasteiger partial charge in [0.2, 0.25) is 0 Å². The Hall–Kier alpha value is -2.62. The SMILES string of the molecule is CCCOc1ccccc1-c1nc2c(C)cccc2c(=O)[nH]1. The molecule has 112 valence electrons. The van der Waals surface area contributed by atoms with E-state index in [0.717, 1.165) is 28.8 Å². The molecule has 3 rings (SSSR count). The summed E-state index contributed by atoms with van der Waals surface area (Å²) in [6.45, 7) is 4.65. The molecule has 0 aliphatic rings. The molecule has 0 saturated heterocycles. The molecule has 0 aliphatic heterocycles. The molecule has 0 atom stereocenters. The Morgan fingerprint density at radius 1 is 1.14 bits per heavy atom. The molecule has 1 heterocycles. The molecule has 0 aliphatic carbocycles. The number of aryl methyl sites for hydroxylation is 1. The minimum atomic E-state index is -0.131. The van der Waals surface area contributed by atoms with Crippen molar-refractivity contribution in [1.82, 2.24) is 9.97 Å². The van der Waals surface area contributed by atoms with E-state index in [9.17, 15) is 4.79 Å². The second-order valence-electron chi connectivity index (χ2n) is 5.23. The number of aromatic amines is 1. The third-order valence-corrected chi connectivity index (χ3v) is 3.54. The van der Waals surface area contributed by atoms with E-state index in [0.29, 0.717) is 17.8 Å². The van der Waals surface area contributed by atoms with E-state index in [-0.39, 0.29) is 5.56 Å². The molecule has 1 N–H and O–H groups in total. The highest BCUT2D eigenvalue weighted by molar-refractivity contribution is 5.82. The number of nitrogens with zero attached hydrogens (tertiary/aromatic N) is 1. The van der Waals surface area contributed by atoms with Crippen molar-refractivity contribution >= 4 is 10.9 Å². The summed E-state index contributed by atoms with van der Waals surface area (Å²) < 4.78 is 5.76. The molecule has 0 amide bonds. The first-order valence-corrected chi connectivity index (χ1v) is 7.42. The average Bonchev–Trinajstić information content (AvgIpc) is 2.54. The molecular formula is C18H18N2O2. The molecule has 0 spiro atoms. The molecule has 0 saturated carbocycles. The van der Waals surface area contributed by atoms with Crippen molar-refractivity contribution in [2.24, 2.45) is 0 Å². The van der Waals surface area contributed by atoms with E-state index in [2.05, 4.69) is 16.9 Å². The van der Waals surface area contributed by atoms with E-state index in [1.54, 1.807) is 6.07 Å². The molecule has 0 bridgehead atoms. The number of hydrogen-bond acceptors (Lipinski definition) is 3. The number of fused-ring (bicyclic) bond motifs is 1. The maximum atomic E-state index is 12.3. The predicted octanol–water partition coefficient (Wildman–Crippen LogP) is 3.69. The van der Waals surface area contributed by atoms with Crippen molar-refractivity contribution in [2.75, 3.05) is 6.61 Å². The molecule has 0 fully saturated rings. The number of aromatic nitrogens is 2. The van der Waals surface area contributed by atoms with Crippen LogP contribution in [0.4, 0.5) is 0 Å². The molecule has 1 aromatic heterocycles. The largest absolute Gasteiger partial charge is 0.493 e. The zero-order valence-corrected chi connectivity index (χ0v) is 12.7. The average molecular weight is 294 g/mol. The highest BCUT2D eigenvalue weighted by atomic mass is 16.5. The van der Waals surface area contributed by atoms with Gasteiger partial charge in [0.05, 0.1) is 23.1 Å². The van der Waals surface area contributed by atoms with Crippen molar-refractivity contribution < 1.29 is 4.74 Å². The van der Waals surface area contributed by atoms with Crippen LogP contribution in [0.2, 0.25) is 0 Å². The zero-order valence-electron chi connectivity index (χ0n) is 12.7. The summed E-state index contributed by atoms with van der Waals surface area (Å²) in [6.07, 6.45) is 0.926. The Morgan fingerprint density at radius 2 is 1.95 bits per heavy atom. The highest BCUT2D eigenvalue weighted by Crippen LogP contribution is 2.27. The number of ether oxygens (including phenoxy) is 1. The smallest absolute Gasteiger partial charge is 0.259 e. The van der Waals surface area contributed by atoms with Crippen LogP contribution in [0.3, 0.4) is 0 Å². The monoisotopic (exact) mass is 294 g/mol. The molecule has 0 radical (unpaired) electrons. The van der Waals surface area contributed by atoms with Gasteiger partial charge in [0.1, 0.15) is 11.6 Å². The Morgan fingerprint density at radius 3 is 2.77 bits per heavy atom. The van der Waals surface area contributed by atoms with Gasteiger partial charge in [0, 0.05) is 0 Å². The minimum absolute atomic E-state index is 0.131. The molecule has 3 aromatic rings. The van der Waals surface area contributed by atoms with Crippen molar-refractivity contribution in [1.29, 1.82) is 0 Å². The molecule has 2 aromatic carbocycles. The Balaban J connectivity index is 2.19. The fourth-order valence-electron chi connectivity index (χ4n) is 2.43. The van der Waals surface area contributed by atoms with Crippen molar-refractivity contribution in [3.8, 4) is 17.1 Å². The van der Waals surface area contributed by atoms with Gasteiger partial charge in [-0.05, 0) is 37.1 Å². The van der Waals surface area contributed by atoms with Gasteiger partial charge in [-0.3, -0.25) is 4.79 Å². The summed E-state index contributed by atoms with van der Waals surface area (Å²) in [5.74, 6) is 1.28. The third-order valence-electron chi connectivity index (χ3n) is 3.54. The van der Waals surface area contributed by atoms with E-state index >= 15 is 0 Å². The lowest BCUT2D eigenvalue weighted by molar-refractivity contribution is 0.318. The van der Waals surface area contributed by atoms with Gasteiger partial charge in [0.25, 0.3) is 5.56 Å². The lowest BCUT2D eigenvalue weighted by Gasteiger charge is -2.11. The van der Waals surface area contributed by atoms with Gasteiger partial charge in [-0.25, -0.2) is 4.98 Å². The summed E-state index contributed by atoms with van der Waals surface area (Å²) in [7, 11) is 0. The molecule has 22 heavy (non-hydrogen) atoms. The van der Waals surface area contributed by atoms with Crippen LogP contribution < -0.4 is 10.3 Å². The summed E-state index contributed by atoms with van der Waals surface area (Å²) in [4.78, 5) is 19.8. The second-order valence-corrected chi connectivity index (χ2v) is 5.23. The van der Waals surface area contributed by atoms with Crippen LogP contribution in [0.5, 0.6) is 5.75 Å². The zero-order chi connectivity index (χ0) is 15.5. The van der Waals surface area contributed by atoms with Crippen LogP contribution in [0.1, 0.15) is 18.9 Å². The first-order chi connectivity index (χ1) is 10.7. The summed E-state index contributed by atoms with van der Waals surface area (Å²) >= 11 is 0. The van der Waals surface area contributed by atoms with E-state index in [4.69, 9.17) is 4.74 Å². The van der Waals surface area contributed by atoms with Gasteiger partial charge in [-0.2, -0.15) is 0 Å². The lowest BCUT2D eigenvalue weighted by atomic mass is 10.1. The van der Waals surface area contributed by atoms with Crippen molar-refractivity contribution in [3.63, 3.8) is 0 Å². The van der Waals surface area contributed by atoms with E-state index < -0.39 is 0 Å². The number of hydrogen-bond donors (Lipinski definition) is 1. The van der Waals surface area contributed by atoms with Crippen molar-refractivity contribution in [2.45, 2.75) is 20.3 Å². The first-order valence-electron chi connectivity index (χ1n) is 7.42. The number of rotatable bonds is 4. The standard InChI is InChI=1S/C18H18N2O2/c1-3-11-22-15-10-5-4-8-13(15)17-19-16-12(2)7-6-9-14(16)18(21)20-17/h4-10H,3,11H2,1-2H3,(H,19,20,21). The Kier molecular flexibility index (Phi) is 3.92. The van der Waals surface area contributed by atoms with Crippen LogP contribution in [0, 0.1) is 6.92 Å². The summed E-state index contributed by atoms with van der Waals surface area (Å²) in [5.41, 5.74) is 2.38. The predicted molar refractivity (Wildman–Crippen MR) is 88.3 cm³/mol. The van der Waals surface area contributed by atoms with Crippen LogP contribution in [0.25, 0.3) is 22.3 Å². The molecule has 4 nitrogen and oxygen atoms in total. The number of benzene rings is 2. The maximum absolute atomic E-state index is 12.3. The van der Waals surface area contributed by atoms with Gasteiger partial charge in [-0.15, -0.1) is 0 Å². The fraction of sp³-hybridized carbons (Fsp3) is 0.222. The quantitative estimate of drug-likeness (QED) is 0.798. The van der Waals surface area contributed by atoms with Crippen LogP contribution in [-0.4, -0.2) is 16.6 Å². The van der Waals surface area contributed by atoms with Crippen LogP contribution in [-0.2, 0) is 0 Å². The Bertz CT molecular complexity index is 868. The highest BCUT2D eigenvalue weighted by Gasteiger charge is 2.11. The second kappa shape index (κ2) is 6.02. The minimum Gasteiger partial charge on any atom is -0.493 e. The van der Waals surface area contributed by atoms with Gasteiger partial charge in [0.15, 0.2) is 0 Å². The topological polar surface area (TPSA) is 55.0 Å². The summed E-state index contributed by atoms with van der Waals surface area (Å²) in [6, 6.07) is 13.2. The lowest BCUT2D eigenvalue weighted by Crippen LogP contribution is -2.10. The number of para-hydroxylation sites is 2. The van der Waals surface area contributed by atoms with Gasteiger partial charge in [-0.1, -0.05) is 31.2 Å². The van der Waals surface area contributed by atoms with E-state index in [1.165, 1.54) is 0 Å². The van der Waals surface area contributed by atoms with Crippen LogP contribution in [0.15, 0.2) is 47.3 Å². The summed E-state index contributed by atoms with van der Waals surface area (Å²) in [5, 5.41) is 0.607. The first kappa shape index (κ1) is 14.3. The fourth-order valence-corrected chi connectivity index (χ4v) is 2.43. The number of H-pyrrole nitrogens is 1. The van der Waals surface area contributed by atoms with Crippen molar-refractivity contribution in [3.05, 3.63) is 58.4 Å². The Labute approximate surface area is 128 Å². The van der Waals surface area contributed by atoms with E-state index in [1.807, 2.05) is 43.3 Å². The number of nitrogens with one attached hydrogen (secondary N) is 1. The molecular weight excluding hydrogens is 276 g/mol. The molecule has 4 heteroatoms.